The van der Waals surface area contributed by atoms with E-state index in [0.29, 0.717) is 11.8 Å². The van der Waals surface area contributed by atoms with Crippen LogP contribution in [0.1, 0.15) is 66.2 Å². The average molecular weight is 347 g/mol. The first-order valence-electron chi connectivity index (χ1n) is 9.79. The molecule has 0 aromatic carbocycles. The zero-order valence-corrected chi connectivity index (χ0v) is 16.3. The van der Waals surface area contributed by atoms with E-state index in [0.717, 1.165) is 25.7 Å². The highest BCUT2D eigenvalue weighted by molar-refractivity contribution is 5.66. The Morgan fingerprint density at radius 2 is 2.08 bits per heavy atom. The van der Waals surface area contributed by atoms with E-state index in [-0.39, 0.29) is 34.9 Å². The van der Waals surface area contributed by atoms with Gasteiger partial charge in [0.1, 0.15) is 6.10 Å². The van der Waals surface area contributed by atoms with Gasteiger partial charge in [0.05, 0.1) is 6.61 Å². The molecule has 0 aromatic heterocycles. The van der Waals surface area contributed by atoms with Gasteiger partial charge in [0.25, 0.3) is 0 Å². The Bertz CT molecular complexity index is 594. The van der Waals surface area contributed by atoms with Crippen molar-refractivity contribution in [3.63, 3.8) is 0 Å². The summed E-state index contributed by atoms with van der Waals surface area (Å²) < 4.78 is 5.65. The molecule has 0 amide bonds. The van der Waals surface area contributed by atoms with Crippen molar-refractivity contribution in [3.8, 4) is 0 Å². The smallest absolute Gasteiger partial charge is 0.302 e. The van der Waals surface area contributed by atoms with Crippen molar-refractivity contribution in [2.45, 2.75) is 72.3 Å². The van der Waals surface area contributed by atoms with Gasteiger partial charge in [0.15, 0.2) is 0 Å². The maximum absolute atomic E-state index is 11.6. The van der Waals surface area contributed by atoms with E-state index in [1.54, 1.807) is 5.57 Å². The lowest BCUT2D eigenvalue weighted by Gasteiger charge is -2.61. The fourth-order valence-electron chi connectivity index (χ4n) is 6.23. The summed E-state index contributed by atoms with van der Waals surface area (Å²) in [4.78, 5) is 11.6. The standard InChI is InChI=1S/C22H34O3/c1-6-20(3)11-9-17-16(13-20)7-8-18-21(17,4)12-10-19(25-15(2)24)22(18,5)14-23/h6-7,17-19,23H,1,8-14H2,2-5H3. The molecule has 25 heavy (non-hydrogen) atoms. The summed E-state index contributed by atoms with van der Waals surface area (Å²) in [6.07, 6.45) is 10.8. The largest absolute Gasteiger partial charge is 0.462 e. The van der Waals surface area contributed by atoms with Crippen LogP contribution in [0.2, 0.25) is 0 Å². The van der Waals surface area contributed by atoms with Gasteiger partial charge in [-0.05, 0) is 61.2 Å². The molecule has 0 heterocycles. The molecule has 3 aliphatic rings. The molecule has 0 saturated heterocycles. The van der Waals surface area contributed by atoms with Gasteiger partial charge in [0, 0.05) is 12.3 Å². The number of carbonyl (C=O) groups is 1. The van der Waals surface area contributed by atoms with E-state index in [1.165, 1.54) is 19.8 Å². The number of aliphatic hydroxyl groups excluding tert-OH is 1. The number of allylic oxidation sites excluding steroid dienone is 3. The molecular weight excluding hydrogens is 312 g/mol. The molecule has 0 spiro atoms. The van der Waals surface area contributed by atoms with E-state index >= 15 is 0 Å². The molecule has 3 aliphatic carbocycles. The number of aliphatic hydroxyl groups is 1. The third-order valence-corrected chi connectivity index (χ3v) is 7.89. The second-order valence-corrected chi connectivity index (χ2v) is 9.50. The minimum Gasteiger partial charge on any atom is -0.462 e. The minimum absolute atomic E-state index is 0.0749. The first-order chi connectivity index (χ1) is 11.7. The lowest BCUT2D eigenvalue weighted by Crippen LogP contribution is -2.58. The molecular formula is C22H34O3. The van der Waals surface area contributed by atoms with Crippen LogP contribution in [0.4, 0.5) is 0 Å². The van der Waals surface area contributed by atoms with Gasteiger partial charge in [-0.2, -0.15) is 0 Å². The van der Waals surface area contributed by atoms with Crippen molar-refractivity contribution in [3.05, 3.63) is 24.3 Å². The predicted octanol–water partition coefficient (Wildman–Crippen LogP) is 4.66. The van der Waals surface area contributed by atoms with Crippen molar-refractivity contribution in [2.75, 3.05) is 6.61 Å². The van der Waals surface area contributed by atoms with Crippen LogP contribution in [-0.4, -0.2) is 23.8 Å². The van der Waals surface area contributed by atoms with Crippen molar-refractivity contribution < 1.29 is 14.6 Å². The van der Waals surface area contributed by atoms with E-state index in [2.05, 4.69) is 39.5 Å². The van der Waals surface area contributed by atoms with Crippen LogP contribution in [0.15, 0.2) is 24.3 Å². The lowest BCUT2D eigenvalue weighted by atomic mass is 9.45. The Hall–Kier alpha value is -1.09. The highest BCUT2D eigenvalue weighted by atomic mass is 16.5. The van der Waals surface area contributed by atoms with Gasteiger partial charge >= 0.3 is 5.97 Å². The van der Waals surface area contributed by atoms with Crippen LogP contribution in [0.3, 0.4) is 0 Å². The number of hydrogen-bond donors (Lipinski definition) is 1. The third-order valence-electron chi connectivity index (χ3n) is 7.89. The SMILES string of the molecule is C=CC1(C)CCC2C(=CCC3C(C)(CO)C(OC(C)=O)CCC23C)C1. The van der Waals surface area contributed by atoms with Crippen LogP contribution >= 0.6 is 0 Å². The molecule has 0 aromatic rings. The summed E-state index contributed by atoms with van der Waals surface area (Å²) in [6.45, 7) is 12.5. The fourth-order valence-corrected chi connectivity index (χ4v) is 6.23. The number of fused-ring (bicyclic) bond motifs is 3. The summed E-state index contributed by atoms with van der Waals surface area (Å²) in [5.41, 5.74) is 1.64. The molecule has 6 atom stereocenters. The van der Waals surface area contributed by atoms with Crippen LogP contribution in [-0.2, 0) is 9.53 Å². The molecule has 2 saturated carbocycles. The van der Waals surface area contributed by atoms with Gasteiger partial charge in [-0.3, -0.25) is 4.79 Å². The molecule has 1 N–H and O–H groups in total. The van der Waals surface area contributed by atoms with E-state index in [9.17, 15) is 9.90 Å². The highest BCUT2D eigenvalue weighted by Gasteiger charge is 2.59. The van der Waals surface area contributed by atoms with Crippen molar-refractivity contribution in [1.82, 2.24) is 0 Å². The average Bonchev–Trinajstić information content (AvgIpc) is 2.57. The summed E-state index contributed by atoms with van der Waals surface area (Å²) in [5, 5.41) is 10.3. The maximum Gasteiger partial charge on any atom is 0.302 e. The summed E-state index contributed by atoms with van der Waals surface area (Å²) in [6, 6.07) is 0. The summed E-state index contributed by atoms with van der Waals surface area (Å²) in [7, 11) is 0. The Balaban J connectivity index is 1.94. The Labute approximate surface area is 152 Å². The monoisotopic (exact) mass is 346 g/mol. The second kappa shape index (κ2) is 6.26. The molecule has 3 nitrogen and oxygen atoms in total. The number of esters is 1. The van der Waals surface area contributed by atoms with Crippen molar-refractivity contribution in [2.24, 2.45) is 28.1 Å². The van der Waals surface area contributed by atoms with Crippen LogP contribution < -0.4 is 0 Å². The Morgan fingerprint density at radius 3 is 2.68 bits per heavy atom. The molecule has 0 aliphatic heterocycles. The minimum atomic E-state index is -0.361. The number of ether oxygens (including phenoxy) is 1. The molecule has 6 unspecified atom stereocenters. The number of carbonyl (C=O) groups excluding carboxylic acids is 1. The van der Waals surface area contributed by atoms with E-state index in [4.69, 9.17) is 4.74 Å². The normalized spacial score (nSPS) is 46.4. The predicted molar refractivity (Wildman–Crippen MR) is 99.9 cm³/mol. The second-order valence-electron chi connectivity index (χ2n) is 9.50. The molecule has 140 valence electrons. The van der Waals surface area contributed by atoms with E-state index < -0.39 is 0 Å². The quantitative estimate of drug-likeness (QED) is 0.597. The molecule has 0 bridgehead atoms. The van der Waals surface area contributed by atoms with E-state index in [1.807, 2.05) is 0 Å². The highest BCUT2D eigenvalue weighted by Crippen LogP contribution is 2.64. The fraction of sp³-hybridized carbons (Fsp3) is 0.773. The summed E-state index contributed by atoms with van der Waals surface area (Å²) >= 11 is 0. The lowest BCUT2D eigenvalue weighted by molar-refractivity contribution is -0.183. The van der Waals surface area contributed by atoms with Gasteiger partial charge in [-0.1, -0.05) is 38.5 Å². The summed E-state index contributed by atoms with van der Waals surface area (Å²) in [5.74, 6) is 0.702. The zero-order chi connectivity index (χ0) is 18.5. The van der Waals surface area contributed by atoms with Crippen LogP contribution in [0, 0.1) is 28.1 Å². The molecule has 0 radical (unpaired) electrons. The molecule has 3 rings (SSSR count). The zero-order valence-electron chi connectivity index (χ0n) is 16.3. The van der Waals surface area contributed by atoms with Gasteiger partial charge in [-0.15, -0.1) is 6.58 Å². The van der Waals surface area contributed by atoms with Crippen LogP contribution in [0.25, 0.3) is 0 Å². The van der Waals surface area contributed by atoms with Crippen molar-refractivity contribution in [1.29, 1.82) is 0 Å². The van der Waals surface area contributed by atoms with Gasteiger partial charge < -0.3 is 9.84 Å². The van der Waals surface area contributed by atoms with Gasteiger partial charge in [0.2, 0.25) is 0 Å². The Kier molecular flexibility index (Phi) is 4.68. The number of rotatable bonds is 3. The number of hydrogen-bond acceptors (Lipinski definition) is 3. The third kappa shape index (κ3) is 2.89. The molecule has 3 heteroatoms. The van der Waals surface area contributed by atoms with Crippen LogP contribution in [0.5, 0.6) is 0 Å². The topological polar surface area (TPSA) is 46.5 Å². The Morgan fingerprint density at radius 1 is 1.36 bits per heavy atom. The first kappa shape index (κ1) is 18.7. The maximum atomic E-state index is 11.6. The van der Waals surface area contributed by atoms with Gasteiger partial charge in [-0.25, -0.2) is 0 Å². The first-order valence-corrected chi connectivity index (χ1v) is 9.79. The van der Waals surface area contributed by atoms with Crippen molar-refractivity contribution >= 4 is 5.97 Å². The molecule has 2 fully saturated rings.